The summed E-state index contributed by atoms with van der Waals surface area (Å²) < 4.78 is 7.53. The Hall–Kier alpha value is -4.45. The van der Waals surface area contributed by atoms with Crippen LogP contribution >= 0.6 is 0 Å². The molecule has 2 N–H and O–H groups in total. The number of hydrogen-bond acceptors (Lipinski definition) is 6. The van der Waals surface area contributed by atoms with Crippen molar-refractivity contribution >= 4 is 23.1 Å². The molecule has 2 aliphatic rings. The van der Waals surface area contributed by atoms with Crippen molar-refractivity contribution in [2.75, 3.05) is 36.9 Å². The van der Waals surface area contributed by atoms with Crippen molar-refractivity contribution in [1.29, 1.82) is 0 Å². The van der Waals surface area contributed by atoms with Crippen LogP contribution in [0.15, 0.2) is 67.0 Å². The average molecular weight is 617 g/mol. The first-order valence-corrected chi connectivity index (χ1v) is 16.6. The molecule has 0 atom stereocenters. The smallest absolute Gasteiger partial charge is 0.255 e. The molecule has 0 unspecified atom stereocenters. The second-order valence-electron chi connectivity index (χ2n) is 12.6. The number of aromatic nitrogens is 3. The van der Waals surface area contributed by atoms with Crippen molar-refractivity contribution in [2.24, 2.45) is 5.92 Å². The van der Waals surface area contributed by atoms with Crippen LogP contribution in [0.5, 0.6) is 0 Å². The van der Waals surface area contributed by atoms with Crippen molar-refractivity contribution in [2.45, 2.75) is 65.5 Å². The zero-order valence-electron chi connectivity index (χ0n) is 27.2. The minimum absolute atomic E-state index is 0.148. The van der Waals surface area contributed by atoms with Gasteiger partial charge >= 0.3 is 0 Å². The van der Waals surface area contributed by atoms with Gasteiger partial charge in [0.25, 0.3) is 5.91 Å². The van der Waals surface area contributed by atoms with E-state index in [2.05, 4.69) is 57.6 Å². The number of aryl methyl sites for hydroxylation is 2. The number of ether oxygens (including phenoxy) is 1. The van der Waals surface area contributed by atoms with Gasteiger partial charge in [-0.25, -0.2) is 4.98 Å². The maximum absolute atomic E-state index is 13.1. The molecule has 6 rings (SSSR count). The number of anilines is 3. The number of amides is 1. The number of benzene rings is 2. The summed E-state index contributed by atoms with van der Waals surface area (Å²) in [6.45, 7) is 11.1. The van der Waals surface area contributed by atoms with Crippen molar-refractivity contribution in [1.82, 2.24) is 19.7 Å². The minimum Gasteiger partial charge on any atom is -0.381 e. The van der Waals surface area contributed by atoms with Gasteiger partial charge in [-0.3, -0.25) is 14.4 Å². The third-order valence-electron chi connectivity index (χ3n) is 9.25. The fourth-order valence-electron chi connectivity index (χ4n) is 6.17. The number of rotatable bonds is 8. The quantitative estimate of drug-likeness (QED) is 0.203. The van der Waals surface area contributed by atoms with E-state index >= 15 is 0 Å². The summed E-state index contributed by atoms with van der Waals surface area (Å²) in [6, 6.07) is 18.1. The predicted octanol–water partition coefficient (Wildman–Crippen LogP) is 7.26. The fourth-order valence-corrected chi connectivity index (χ4v) is 6.17. The van der Waals surface area contributed by atoms with Gasteiger partial charge in [-0.1, -0.05) is 43.4 Å². The maximum atomic E-state index is 13.1. The van der Waals surface area contributed by atoms with Gasteiger partial charge in [0.1, 0.15) is 5.82 Å². The maximum Gasteiger partial charge on any atom is 0.255 e. The highest BCUT2D eigenvalue weighted by atomic mass is 16.5. The molecule has 4 aromatic rings. The number of pyridine rings is 1. The van der Waals surface area contributed by atoms with E-state index in [1.54, 1.807) is 6.20 Å². The van der Waals surface area contributed by atoms with Crippen LogP contribution in [0.1, 0.15) is 83.4 Å². The third kappa shape index (κ3) is 8.03. The number of nitrogens with zero attached hydrogens (tertiary/aromatic N) is 4. The Bertz CT molecular complexity index is 1690. The lowest BCUT2D eigenvalue weighted by atomic mass is 9.94. The Labute approximate surface area is 272 Å². The zero-order valence-corrected chi connectivity index (χ0v) is 27.2. The first-order valence-electron chi connectivity index (χ1n) is 16.6. The van der Waals surface area contributed by atoms with Crippen LogP contribution in [0, 0.1) is 31.6 Å². The Morgan fingerprint density at radius 3 is 2.48 bits per heavy atom. The van der Waals surface area contributed by atoms with Crippen molar-refractivity contribution in [3.05, 3.63) is 101 Å². The van der Waals surface area contributed by atoms with Gasteiger partial charge < -0.3 is 15.4 Å². The molecule has 8 heteroatoms. The lowest BCUT2D eigenvalue weighted by molar-refractivity contribution is 0.0662. The normalized spacial score (nSPS) is 16.1. The second-order valence-corrected chi connectivity index (χ2v) is 12.6. The molecule has 46 heavy (non-hydrogen) atoms. The molecule has 0 saturated carbocycles. The summed E-state index contributed by atoms with van der Waals surface area (Å²) in [5.74, 6) is 7.91. The van der Waals surface area contributed by atoms with Crippen LogP contribution in [-0.2, 0) is 11.3 Å². The van der Waals surface area contributed by atoms with E-state index in [1.807, 2.05) is 61.0 Å². The highest BCUT2D eigenvalue weighted by Gasteiger charge is 2.19. The highest BCUT2D eigenvalue weighted by molar-refractivity contribution is 6.04. The molecule has 0 aliphatic carbocycles. The van der Waals surface area contributed by atoms with Crippen LogP contribution in [0.4, 0.5) is 17.2 Å². The van der Waals surface area contributed by atoms with Gasteiger partial charge in [0.15, 0.2) is 0 Å². The van der Waals surface area contributed by atoms with E-state index in [4.69, 9.17) is 9.84 Å². The molecule has 2 fully saturated rings. The molecule has 0 spiro atoms. The van der Waals surface area contributed by atoms with Gasteiger partial charge in [-0.05, 0) is 106 Å². The number of nitrogens with one attached hydrogen (secondary N) is 2. The monoisotopic (exact) mass is 616 g/mol. The lowest BCUT2D eigenvalue weighted by Gasteiger charge is -2.31. The summed E-state index contributed by atoms with van der Waals surface area (Å²) in [6.07, 6.45) is 9.64. The van der Waals surface area contributed by atoms with E-state index in [1.165, 1.54) is 37.9 Å². The van der Waals surface area contributed by atoms with Gasteiger partial charge in [-0.2, -0.15) is 5.10 Å². The molecule has 0 bridgehead atoms. The Kier molecular flexibility index (Phi) is 10.1. The van der Waals surface area contributed by atoms with E-state index in [9.17, 15) is 4.79 Å². The first kappa shape index (κ1) is 31.5. The summed E-state index contributed by atoms with van der Waals surface area (Å²) in [4.78, 5) is 20.2. The van der Waals surface area contributed by atoms with Gasteiger partial charge in [0.05, 0.1) is 17.4 Å². The number of carbonyl (C=O) groups is 1. The molecular formula is C38H44N6O2. The Morgan fingerprint density at radius 2 is 1.76 bits per heavy atom. The Balaban J connectivity index is 1.05. The van der Waals surface area contributed by atoms with Crippen molar-refractivity contribution in [3.8, 4) is 11.8 Å². The van der Waals surface area contributed by atoms with Crippen LogP contribution in [0.2, 0.25) is 0 Å². The second kappa shape index (κ2) is 14.8. The summed E-state index contributed by atoms with van der Waals surface area (Å²) in [5, 5.41) is 11.1. The molecule has 2 saturated heterocycles. The van der Waals surface area contributed by atoms with E-state index in [0.717, 1.165) is 78.1 Å². The summed E-state index contributed by atoms with van der Waals surface area (Å²) in [5.41, 5.74) is 7.14. The SMILES string of the molecule is CCC1CCN(Cc2ccc(NC(=O)c3ccc(C)c(C#Cc4ccc(Nc5cn(C6CCOCC6)nc5C)nc4)c3)cc2)CC1. The summed E-state index contributed by atoms with van der Waals surface area (Å²) in [7, 11) is 0. The van der Waals surface area contributed by atoms with Crippen molar-refractivity contribution < 1.29 is 9.53 Å². The van der Waals surface area contributed by atoms with Crippen molar-refractivity contribution in [3.63, 3.8) is 0 Å². The van der Waals surface area contributed by atoms with E-state index in [0.29, 0.717) is 11.6 Å². The Morgan fingerprint density at radius 1 is 0.978 bits per heavy atom. The largest absolute Gasteiger partial charge is 0.381 e. The number of likely N-dealkylation sites (tertiary alicyclic amines) is 1. The van der Waals surface area contributed by atoms with E-state index in [-0.39, 0.29) is 5.91 Å². The van der Waals surface area contributed by atoms with Crippen LogP contribution in [0.25, 0.3) is 0 Å². The predicted molar refractivity (Wildman–Crippen MR) is 183 cm³/mol. The zero-order chi connectivity index (χ0) is 31.9. The number of hydrogen-bond donors (Lipinski definition) is 2. The van der Waals surface area contributed by atoms with Crippen LogP contribution in [-0.4, -0.2) is 51.9 Å². The molecule has 2 aromatic carbocycles. The first-order chi connectivity index (χ1) is 22.4. The summed E-state index contributed by atoms with van der Waals surface area (Å²) >= 11 is 0. The number of carbonyl (C=O) groups excluding carboxylic acids is 1. The third-order valence-corrected chi connectivity index (χ3v) is 9.25. The molecule has 8 nitrogen and oxygen atoms in total. The van der Waals surface area contributed by atoms with E-state index < -0.39 is 0 Å². The van der Waals surface area contributed by atoms with Gasteiger partial charge in [0.2, 0.25) is 0 Å². The molecule has 1 amide bonds. The fraction of sp³-hybridized carbons (Fsp3) is 0.395. The molecular weight excluding hydrogens is 572 g/mol. The average Bonchev–Trinajstić information content (AvgIpc) is 3.46. The van der Waals surface area contributed by atoms with Crippen LogP contribution < -0.4 is 10.6 Å². The van der Waals surface area contributed by atoms with Gasteiger partial charge in [0, 0.05) is 54.5 Å². The molecule has 2 aliphatic heterocycles. The molecule has 2 aromatic heterocycles. The molecule has 238 valence electrons. The lowest BCUT2D eigenvalue weighted by Crippen LogP contribution is -2.32. The highest BCUT2D eigenvalue weighted by Crippen LogP contribution is 2.26. The standard InChI is InChI=1S/C38H44N6O2/c1-4-29-15-19-43(20-16-29)25-31-7-12-34(13-8-31)40-38(45)33-10-5-27(2)32(23-33)11-6-30-9-14-37(39-24-30)41-36-26-44(42-28(36)3)35-17-21-46-22-18-35/h5,7-10,12-14,23-24,26,29,35H,4,15-22,25H2,1-3H3,(H,39,41)(H,40,45). The molecule has 0 radical (unpaired) electrons. The minimum atomic E-state index is -0.148. The topological polar surface area (TPSA) is 84.3 Å². The molecule has 4 heterocycles. The number of piperidine rings is 1. The van der Waals surface area contributed by atoms with Crippen LogP contribution in [0.3, 0.4) is 0 Å². The van der Waals surface area contributed by atoms with Gasteiger partial charge in [-0.15, -0.1) is 0 Å².